The maximum Gasteiger partial charge on any atom is 0.425 e. The highest BCUT2D eigenvalue weighted by Gasteiger charge is 2.42. The van der Waals surface area contributed by atoms with Crippen LogP contribution in [-0.4, -0.2) is 29.7 Å². The molecule has 0 aromatic rings. The molecule has 0 aromatic heterocycles. The highest BCUT2D eigenvalue weighted by atomic mass is 35.5. The van der Waals surface area contributed by atoms with Gasteiger partial charge in [-0.1, -0.05) is 0 Å². The summed E-state index contributed by atoms with van der Waals surface area (Å²) in [5, 5.41) is 0. The molecule has 0 fully saturated rings. The third-order valence-electron chi connectivity index (χ3n) is 1.41. The van der Waals surface area contributed by atoms with Gasteiger partial charge >= 0.3 is 5.51 Å². The summed E-state index contributed by atoms with van der Waals surface area (Å²) in [4.78, 5) is 0. The standard InChI is InChI=1S/C6H12ClF3S/c1-11(2,5-3-4-7)6(8,9)10/h3-5H2,1-2H3. The van der Waals surface area contributed by atoms with Crippen LogP contribution < -0.4 is 0 Å². The molecule has 11 heavy (non-hydrogen) atoms. The fourth-order valence-electron chi connectivity index (χ4n) is 0.531. The molecule has 0 radical (unpaired) electrons. The van der Waals surface area contributed by atoms with Gasteiger partial charge in [0.25, 0.3) is 0 Å². The Morgan fingerprint density at radius 1 is 1.27 bits per heavy atom. The molecule has 5 heteroatoms. The van der Waals surface area contributed by atoms with Gasteiger partial charge in [-0.3, -0.25) is 0 Å². The van der Waals surface area contributed by atoms with Crippen molar-refractivity contribution in [3.63, 3.8) is 0 Å². The molecular weight excluding hydrogens is 197 g/mol. The lowest BCUT2D eigenvalue weighted by Crippen LogP contribution is -2.21. The summed E-state index contributed by atoms with van der Waals surface area (Å²) in [7, 11) is -2.44. The van der Waals surface area contributed by atoms with E-state index in [0.29, 0.717) is 12.3 Å². The highest BCUT2D eigenvalue weighted by Crippen LogP contribution is 2.56. The monoisotopic (exact) mass is 208 g/mol. The van der Waals surface area contributed by atoms with Gasteiger partial charge in [-0.15, -0.1) is 11.6 Å². The van der Waals surface area contributed by atoms with E-state index in [1.807, 2.05) is 0 Å². The van der Waals surface area contributed by atoms with Gasteiger partial charge in [0.1, 0.15) is 0 Å². The van der Waals surface area contributed by atoms with Crippen molar-refractivity contribution >= 4 is 21.6 Å². The van der Waals surface area contributed by atoms with Gasteiger partial charge < -0.3 is 0 Å². The van der Waals surface area contributed by atoms with Gasteiger partial charge in [-0.25, -0.2) is 0 Å². The molecule has 0 saturated heterocycles. The first-order valence-corrected chi connectivity index (χ1v) is 6.30. The van der Waals surface area contributed by atoms with E-state index in [9.17, 15) is 13.2 Å². The molecule has 0 rings (SSSR count). The summed E-state index contributed by atoms with van der Waals surface area (Å²) < 4.78 is 36.5. The predicted molar refractivity (Wildman–Crippen MR) is 45.7 cm³/mol. The van der Waals surface area contributed by atoms with Gasteiger partial charge in [0.05, 0.1) is 0 Å². The Morgan fingerprint density at radius 2 is 1.73 bits per heavy atom. The van der Waals surface area contributed by atoms with Crippen molar-refractivity contribution in [2.24, 2.45) is 0 Å². The zero-order valence-electron chi connectivity index (χ0n) is 6.54. The lowest BCUT2D eigenvalue weighted by molar-refractivity contribution is -0.0374. The van der Waals surface area contributed by atoms with Gasteiger partial charge in [0.15, 0.2) is 0 Å². The fourth-order valence-corrected chi connectivity index (χ4v) is 1.92. The van der Waals surface area contributed by atoms with Crippen molar-refractivity contribution in [3.05, 3.63) is 0 Å². The van der Waals surface area contributed by atoms with Gasteiger partial charge in [-0.05, 0) is 24.7 Å². The first-order valence-electron chi connectivity index (χ1n) is 3.14. The van der Waals surface area contributed by atoms with Crippen molar-refractivity contribution in [3.8, 4) is 0 Å². The molecular formula is C6H12ClF3S. The molecule has 0 aliphatic carbocycles. The summed E-state index contributed by atoms with van der Waals surface area (Å²) >= 11 is 5.30. The molecule has 0 bridgehead atoms. The number of halogens is 4. The predicted octanol–water partition coefficient (Wildman–Crippen LogP) is 3.20. The van der Waals surface area contributed by atoms with Crippen LogP contribution in [0.4, 0.5) is 13.2 Å². The van der Waals surface area contributed by atoms with E-state index in [1.54, 1.807) is 0 Å². The molecule has 70 valence electrons. The second-order valence-electron chi connectivity index (χ2n) is 2.73. The van der Waals surface area contributed by atoms with Crippen molar-refractivity contribution in [1.82, 2.24) is 0 Å². The Balaban J connectivity index is 4.00. The van der Waals surface area contributed by atoms with Crippen LogP contribution in [0, 0.1) is 0 Å². The third-order valence-corrected chi connectivity index (χ3v) is 4.24. The largest absolute Gasteiger partial charge is 0.425 e. The van der Waals surface area contributed by atoms with Crippen LogP contribution in [0.3, 0.4) is 0 Å². The van der Waals surface area contributed by atoms with Crippen LogP contribution in [0.1, 0.15) is 6.42 Å². The quantitative estimate of drug-likeness (QED) is 0.625. The lowest BCUT2D eigenvalue weighted by Gasteiger charge is -2.33. The average molecular weight is 209 g/mol. The molecule has 0 heterocycles. The summed E-state index contributed by atoms with van der Waals surface area (Å²) in [6.45, 7) is 0. The third kappa shape index (κ3) is 3.56. The molecule has 0 aliphatic heterocycles. The van der Waals surface area contributed by atoms with E-state index in [-0.39, 0.29) is 5.75 Å². The van der Waals surface area contributed by atoms with E-state index >= 15 is 0 Å². The Labute approximate surface area is 71.4 Å². The van der Waals surface area contributed by atoms with Crippen molar-refractivity contribution < 1.29 is 13.2 Å². The average Bonchev–Trinajstić information content (AvgIpc) is 1.81. The van der Waals surface area contributed by atoms with Gasteiger partial charge in [-0.2, -0.15) is 23.2 Å². The number of alkyl halides is 4. The topological polar surface area (TPSA) is 0 Å². The SMILES string of the molecule is CS(C)(CCCCl)C(F)(F)F. The van der Waals surface area contributed by atoms with Crippen molar-refractivity contribution in [2.75, 3.05) is 24.1 Å². The number of hydrogen-bond donors (Lipinski definition) is 0. The van der Waals surface area contributed by atoms with E-state index < -0.39 is 15.5 Å². The van der Waals surface area contributed by atoms with E-state index in [2.05, 4.69) is 0 Å². The molecule has 0 N–H and O–H groups in total. The zero-order chi connectivity index (χ0) is 9.12. The van der Waals surface area contributed by atoms with Crippen molar-refractivity contribution in [2.45, 2.75) is 11.9 Å². The second-order valence-corrected chi connectivity index (χ2v) is 7.06. The minimum absolute atomic E-state index is 0.181. The Morgan fingerprint density at radius 3 is 2.00 bits per heavy atom. The van der Waals surface area contributed by atoms with Crippen LogP contribution in [0.25, 0.3) is 0 Å². The fraction of sp³-hybridized carbons (Fsp3) is 1.00. The highest BCUT2D eigenvalue weighted by molar-refractivity contribution is 8.33. The van der Waals surface area contributed by atoms with Crippen LogP contribution in [-0.2, 0) is 0 Å². The summed E-state index contributed by atoms with van der Waals surface area (Å²) in [5.74, 6) is 0.493. The zero-order valence-corrected chi connectivity index (χ0v) is 8.11. The van der Waals surface area contributed by atoms with Crippen molar-refractivity contribution in [1.29, 1.82) is 0 Å². The Kier molecular flexibility index (Phi) is 4.05. The minimum Gasteiger partial charge on any atom is -0.162 e. The summed E-state index contributed by atoms with van der Waals surface area (Å²) in [6, 6.07) is 0. The molecule has 0 saturated carbocycles. The molecule has 0 atom stereocenters. The lowest BCUT2D eigenvalue weighted by atomic mass is 10.6. The van der Waals surface area contributed by atoms with E-state index in [1.165, 1.54) is 12.5 Å². The first-order chi connectivity index (χ1) is 4.81. The van der Waals surface area contributed by atoms with Crippen LogP contribution in [0.15, 0.2) is 0 Å². The molecule has 0 aliphatic rings. The molecule has 0 nitrogen and oxygen atoms in total. The Hall–Kier alpha value is 0.430. The van der Waals surface area contributed by atoms with Gasteiger partial charge in [0.2, 0.25) is 0 Å². The summed E-state index contributed by atoms with van der Waals surface area (Å²) in [5.41, 5.74) is -4.03. The molecule has 0 unspecified atom stereocenters. The van der Waals surface area contributed by atoms with Crippen LogP contribution >= 0.6 is 21.6 Å². The maximum atomic E-state index is 12.2. The van der Waals surface area contributed by atoms with Crippen LogP contribution in [0.5, 0.6) is 0 Å². The van der Waals surface area contributed by atoms with E-state index in [0.717, 1.165) is 0 Å². The van der Waals surface area contributed by atoms with Crippen LogP contribution in [0.2, 0.25) is 0 Å². The number of rotatable bonds is 3. The smallest absolute Gasteiger partial charge is 0.162 e. The molecule has 0 amide bonds. The maximum absolute atomic E-state index is 12.2. The summed E-state index contributed by atoms with van der Waals surface area (Å²) in [6.07, 6.45) is 3.00. The van der Waals surface area contributed by atoms with Gasteiger partial charge in [0, 0.05) is 5.88 Å². The molecule has 0 aromatic carbocycles. The number of hydrogen-bond acceptors (Lipinski definition) is 0. The van der Waals surface area contributed by atoms with E-state index in [4.69, 9.17) is 11.6 Å². The second kappa shape index (κ2) is 3.90. The first kappa shape index (κ1) is 11.4. The minimum atomic E-state index is -4.03. The Bertz CT molecular complexity index is 121. The normalized spacial score (nSPS) is 15.1. The molecule has 0 spiro atoms.